The van der Waals surface area contributed by atoms with Gasteiger partial charge >= 0.3 is 5.63 Å². The Balaban J connectivity index is 1.93. The van der Waals surface area contributed by atoms with Crippen molar-refractivity contribution >= 4 is 28.4 Å². The number of hydrogen-bond acceptors (Lipinski definition) is 4. The Labute approximate surface area is 171 Å². The zero-order valence-corrected chi connectivity index (χ0v) is 17.8. The molecule has 1 aromatic carbocycles. The molecule has 1 aliphatic carbocycles. The van der Waals surface area contributed by atoms with E-state index in [9.17, 15) is 9.59 Å². The summed E-state index contributed by atoms with van der Waals surface area (Å²) in [4.78, 5) is 25.7. The van der Waals surface area contributed by atoms with Crippen LogP contribution in [0.3, 0.4) is 0 Å². The van der Waals surface area contributed by atoms with Gasteiger partial charge in [0.2, 0.25) is 0 Å². The van der Waals surface area contributed by atoms with Crippen molar-refractivity contribution in [3.63, 3.8) is 0 Å². The van der Waals surface area contributed by atoms with E-state index in [1.54, 1.807) is 0 Å². The average molecular weight is 476 g/mol. The minimum Gasteiger partial charge on any atom is -0.459 e. The third-order valence-corrected chi connectivity index (χ3v) is 6.28. The Morgan fingerprint density at radius 1 is 1.15 bits per heavy atom. The fourth-order valence-electron chi connectivity index (χ4n) is 4.12. The van der Waals surface area contributed by atoms with Crippen LogP contribution in [0.1, 0.15) is 51.5 Å². The number of halogens is 1. The molecule has 1 atom stereocenters. The third kappa shape index (κ3) is 3.06. The lowest BCUT2D eigenvalue weighted by Crippen LogP contribution is -2.34. The first-order valence-corrected chi connectivity index (χ1v) is 10.3. The number of allylic oxidation sites excluding steroid dienone is 2. The topological polar surface area (TPSA) is 56.5 Å². The van der Waals surface area contributed by atoms with Crippen LogP contribution < -0.4 is 10.4 Å². The van der Waals surface area contributed by atoms with Crippen LogP contribution in [0.15, 0.2) is 50.9 Å². The quantitative estimate of drug-likeness (QED) is 0.542. The molecule has 0 spiro atoms. The molecule has 0 bridgehead atoms. The van der Waals surface area contributed by atoms with Crippen molar-refractivity contribution in [2.45, 2.75) is 46.0 Å². The molecule has 0 N–H and O–H groups in total. The summed E-state index contributed by atoms with van der Waals surface area (Å²) in [5.74, 6) is 1.61. The molecule has 0 fully saturated rings. The molecule has 4 nitrogen and oxygen atoms in total. The second kappa shape index (κ2) is 6.62. The predicted octanol–water partition coefficient (Wildman–Crippen LogP) is 5.44. The van der Waals surface area contributed by atoms with Crippen molar-refractivity contribution in [2.75, 3.05) is 0 Å². The van der Waals surface area contributed by atoms with Crippen molar-refractivity contribution in [2.24, 2.45) is 5.41 Å². The van der Waals surface area contributed by atoms with E-state index in [0.717, 1.165) is 14.9 Å². The maximum atomic E-state index is 12.9. The van der Waals surface area contributed by atoms with Crippen molar-refractivity contribution < 1.29 is 13.9 Å². The van der Waals surface area contributed by atoms with E-state index in [4.69, 9.17) is 9.15 Å². The molecule has 0 saturated carbocycles. The van der Waals surface area contributed by atoms with Gasteiger partial charge in [0.15, 0.2) is 17.3 Å². The maximum Gasteiger partial charge on any atom is 0.343 e. The average Bonchev–Trinajstić information content (AvgIpc) is 2.62. The molecule has 0 radical (unpaired) electrons. The first-order valence-electron chi connectivity index (χ1n) is 9.18. The molecule has 0 amide bonds. The van der Waals surface area contributed by atoms with Crippen molar-refractivity contribution in [3.05, 3.63) is 61.2 Å². The zero-order valence-electron chi connectivity index (χ0n) is 15.6. The summed E-state index contributed by atoms with van der Waals surface area (Å²) >= 11 is 2.18. The molecule has 2 aliphatic rings. The van der Waals surface area contributed by atoms with Crippen LogP contribution in [0.5, 0.6) is 5.75 Å². The second-order valence-electron chi connectivity index (χ2n) is 7.98. The van der Waals surface area contributed by atoms with Crippen LogP contribution in [-0.4, -0.2) is 5.78 Å². The van der Waals surface area contributed by atoms with Gasteiger partial charge in [-0.05, 0) is 34.4 Å². The second-order valence-corrected chi connectivity index (χ2v) is 9.06. The summed E-state index contributed by atoms with van der Waals surface area (Å²) in [6.45, 7) is 6.15. The third-order valence-electron chi connectivity index (χ3n) is 5.30. The number of carbonyl (C=O) groups is 1. The Morgan fingerprint density at radius 2 is 1.85 bits per heavy atom. The highest BCUT2D eigenvalue weighted by molar-refractivity contribution is 14.1. The van der Waals surface area contributed by atoms with Crippen molar-refractivity contribution in [1.29, 1.82) is 0 Å². The largest absolute Gasteiger partial charge is 0.459 e. The first kappa shape index (κ1) is 18.5. The summed E-state index contributed by atoms with van der Waals surface area (Å²) in [6.07, 6.45) is 1.83. The molecule has 2 heterocycles. The van der Waals surface area contributed by atoms with Gasteiger partial charge < -0.3 is 9.15 Å². The van der Waals surface area contributed by atoms with E-state index >= 15 is 0 Å². The van der Waals surface area contributed by atoms with Crippen LogP contribution in [-0.2, 0) is 4.79 Å². The Bertz CT molecular complexity index is 1010. The lowest BCUT2D eigenvalue weighted by atomic mass is 9.71. The number of hydrogen-bond donors (Lipinski definition) is 0. The number of fused-ring (bicyclic) bond motifs is 1. The number of ketones is 1. The summed E-state index contributed by atoms with van der Waals surface area (Å²) in [5, 5.41) is 0. The summed E-state index contributed by atoms with van der Waals surface area (Å²) in [6, 6.07) is 9.55. The monoisotopic (exact) mass is 476 g/mol. The molecule has 4 rings (SSSR count). The smallest absolute Gasteiger partial charge is 0.343 e. The number of benzene rings is 1. The van der Waals surface area contributed by atoms with Gasteiger partial charge in [-0.25, -0.2) is 4.79 Å². The molecular weight excluding hydrogens is 455 g/mol. The summed E-state index contributed by atoms with van der Waals surface area (Å²) in [5.41, 5.74) is 1.42. The van der Waals surface area contributed by atoms with Gasteiger partial charge in [-0.2, -0.15) is 0 Å². The lowest BCUT2D eigenvalue weighted by molar-refractivity contribution is -0.119. The molecule has 1 unspecified atom stereocenters. The number of carbonyl (C=O) groups excluding carboxylic acids is 1. The van der Waals surface area contributed by atoms with Gasteiger partial charge in [0, 0.05) is 29.9 Å². The van der Waals surface area contributed by atoms with Gasteiger partial charge in [0.05, 0.1) is 9.13 Å². The van der Waals surface area contributed by atoms with Crippen LogP contribution in [0.4, 0.5) is 0 Å². The van der Waals surface area contributed by atoms with E-state index in [-0.39, 0.29) is 17.1 Å². The molecule has 1 aromatic heterocycles. The van der Waals surface area contributed by atoms with Gasteiger partial charge in [-0.3, -0.25) is 4.79 Å². The summed E-state index contributed by atoms with van der Waals surface area (Å²) < 4.78 is 12.7. The number of ether oxygens (including phenoxy) is 1. The van der Waals surface area contributed by atoms with E-state index in [0.29, 0.717) is 41.9 Å². The van der Waals surface area contributed by atoms with Gasteiger partial charge in [0.25, 0.3) is 0 Å². The van der Waals surface area contributed by atoms with Crippen LogP contribution >= 0.6 is 22.6 Å². The molecule has 1 aliphatic heterocycles. The van der Waals surface area contributed by atoms with E-state index in [1.807, 2.05) is 37.3 Å². The first-order chi connectivity index (χ1) is 12.8. The van der Waals surface area contributed by atoms with E-state index in [2.05, 4.69) is 36.4 Å². The molecule has 2 aromatic rings. The molecular formula is C22H21IO4. The maximum absolute atomic E-state index is 12.9. The Hall–Kier alpha value is -1.89. The SMILES string of the molecule is CCC1C2=C(CC(C)(C)CC2=O)Oc2c(I)c(-c3ccccc3)oc(=O)c21. The van der Waals surface area contributed by atoms with Crippen LogP contribution in [0.2, 0.25) is 0 Å². The molecule has 5 heteroatoms. The van der Waals surface area contributed by atoms with Crippen molar-refractivity contribution in [3.8, 4) is 17.1 Å². The predicted molar refractivity (Wildman–Crippen MR) is 112 cm³/mol. The highest BCUT2D eigenvalue weighted by Crippen LogP contribution is 2.50. The molecule has 27 heavy (non-hydrogen) atoms. The van der Waals surface area contributed by atoms with Gasteiger partial charge in [-0.15, -0.1) is 0 Å². The van der Waals surface area contributed by atoms with E-state index in [1.165, 1.54) is 0 Å². The highest BCUT2D eigenvalue weighted by Gasteiger charge is 2.43. The van der Waals surface area contributed by atoms with Gasteiger partial charge in [-0.1, -0.05) is 51.1 Å². The standard InChI is InChI=1S/C22H21IO4/c1-4-13-16-14(24)10-22(2,3)11-15(16)26-20-17(13)21(25)27-19(18(20)23)12-8-6-5-7-9-12/h5-9,13H,4,10-11H2,1-3H3. The zero-order chi connectivity index (χ0) is 19.3. The van der Waals surface area contributed by atoms with Crippen LogP contribution in [0.25, 0.3) is 11.3 Å². The minimum absolute atomic E-state index is 0.0836. The number of rotatable bonds is 2. The number of Topliss-reactive ketones (excluding diaryl/α,β-unsaturated/α-hetero) is 1. The lowest BCUT2D eigenvalue weighted by Gasteiger charge is -2.37. The van der Waals surface area contributed by atoms with E-state index < -0.39 is 5.63 Å². The minimum atomic E-state index is -0.416. The fourth-order valence-corrected chi connectivity index (χ4v) is 4.94. The summed E-state index contributed by atoms with van der Waals surface area (Å²) in [7, 11) is 0. The Kier molecular flexibility index (Phi) is 4.53. The molecule has 0 saturated heterocycles. The Morgan fingerprint density at radius 3 is 2.52 bits per heavy atom. The van der Waals surface area contributed by atoms with Crippen LogP contribution in [0, 0.1) is 8.99 Å². The normalized spacial score (nSPS) is 20.7. The molecule has 140 valence electrons. The fraction of sp³-hybridized carbons (Fsp3) is 0.364. The van der Waals surface area contributed by atoms with Crippen molar-refractivity contribution in [1.82, 2.24) is 0 Å². The highest BCUT2D eigenvalue weighted by atomic mass is 127. The van der Waals surface area contributed by atoms with Gasteiger partial charge in [0.1, 0.15) is 5.76 Å².